The SMILES string of the molecule is COc1ccc(C(=O)CSC(=S)N2CCCC2)cc1. The molecule has 0 aromatic heterocycles. The van der Waals surface area contributed by atoms with Crippen molar-refractivity contribution in [2.45, 2.75) is 12.8 Å². The lowest BCUT2D eigenvalue weighted by atomic mass is 10.1. The zero-order chi connectivity index (χ0) is 13.7. The number of Topliss-reactive ketones (excluding diaryl/α,β-unsaturated/α-hetero) is 1. The first kappa shape index (κ1) is 14.3. The highest BCUT2D eigenvalue weighted by atomic mass is 32.2. The average Bonchev–Trinajstić information content (AvgIpc) is 2.98. The maximum atomic E-state index is 12.0. The molecule has 102 valence electrons. The molecule has 0 aliphatic carbocycles. The number of thiocarbonyl (C=S) groups is 1. The van der Waals surface area contributed by atoms with Crippen LogP contribution in [0.3, 0.4) is 0 Å². The number of carbonyl (C=O) groups is 1. The highest BCUT2D eigenvalue weighted by Crippen LogP contribution is 2.18. The number of hydrogen-bond donors (Lipinski definition) is 0. The summed E-state index contributed by atoms with van der Waals surface area (Å²) in [6.45, 7) is 2.06. The van der Waals surface area contributed by atoms with E-state index in [2.05, 4.69) is 4.90 Å². The number of nitrogens with zero attached hydrogens (tertiary/aromatic N) is 1. The van der Waals surface area contributed by atoms with Crippen molar-refractivity contribution in [2.24, 2.45) is 0 Å². The van der Waals surface area contributed by atoms with Gasteiger partial charge in [-0.3, -0.25) is 4.79 Å². The molecule has 1 aliphatic heterocycles. The van der Waals surface area contributed by atoms with Crippen molar-refractivity contribution in [3.05, 3.63) is 29.8 Å². The Morgan fingerprint density at radius 2 is 1.95 bits per heavy atom. The van der Waals surface area contributed by atoms with E-state index in [-0.39, 0.29) is 5.78 Å². The van der Waals surface area contributed by atoms with E-state index in [0.29, 0.717) is 11.3 Å². The van der Waals surface area contributed by atoms with Crippen molar-refractivity contribution in [1.29, 1.82) is 0 Å². The molecule has 2 rings (SSSR count). The van der Waals surface area contributed by atoms with Gasteiger partial charge in [0.15, 0.2) is 5.78 Å². The monoisotopic (exact) mass is 295 g/mol. The largest absolute Gasteiger partial charge is 0.497 e. The van der Waals surface area contributed by atoms with E-state index in [4.69, 9.17) is 17.0 Å². The molecular formula is C14H17NO2S2. The molecule has 0 atom stereocenters. The van der Waals surface area contributed by atoms with Crippen LogP contribution in [-0.4, -0.2) is 41.0 Å². The highest BCUT2D eigenvalue weighted by molar-refractivity contribution is 8.23. The molecule has 5 heteroatoms. The van der Waals surface area contributed by atoms with Crippen LogP contribution in [0.5, 0.6) is 5.75 Å². The second-order valence-electron chi connectivity index (χ2n) is 4.40. The zero-order valence-electron chi connectivity index (χ0n) is 10.9. The van der Waals surface area contributed by atoms with Gasteiger partial charge < -0.3 is 9.64 Å². The minimum atomic E-state index is 0.106. The first-order chi connectivity index (χ1) is 9.20. The first-order valence-electron chi connectivity index (χ1n) is 6.29. The van der Waals surface area contributed by atoms with Crippen molar-refractivity contribution in [1.82, 2.24) is 4.90 Å². The number of hydrogen-bond acceptors (Lipinski definition) is 4. The van der Waals surface area contributed by atoms with E-state index in [9.17, 15) is 4.79 Å². The summed E-state index contributed by atoms with van der Waals surface area (Å²) in [5.41, 5.74) is 0.706. The van der Waals surface area contributed by atoms with Gasteiger partial charge in [0.1, 0.15) is 10.1 Å². The Hall–Kier alpha value is -1.07. The standard InChI is InChI=1S/C14H17NO2S2/c1-17-12-6-4-11(5-7-12)13(16)10-19-14(18)15-8-2-3-9-15/h4-7H,2-3,8-10H2,1H3. The number of rotatable bonds is 4. The van der Waals surface area contributed by atoms with Gasteiger partial charge in [-0.15, -0.1) is 0 Å². The third-order valence-electron chi connectivity index (χ3n) is 3.10. The summed E-state index contributed by atoms with van der Waals surface area (Å²) in [5.74, 6) is 1.27. The van der Waals surface area contributed by atoms with Crippen molar-refractivity contribution in [2.75, 3.05) is 26.0 Å². The molecule has 1 aromatic rings. The van der Waals surface area contributed by atoms with Crippen LogP contribution in [0.2, 0.25) is 0 Å². The number of likely N-dealkylation sites (tertiary alicyclic amines) is 1. The Morgan fingerprint density at radius 1 is 1.32 bits per heavy atom. The van der Waals surface area contributed by atoms with Crippen molar-refractivity contribution in [3.8, 4) is 5.75 Å². The molecule has 1 saturated heterocycles. The maximum Gasteiger partial charge on any atom is 0.173 e. The van der Waals surface area contributed by atoms with Gasteiger partial charge in [-0.2, -0.15) is 0 Å². The summed E-state index contributed by atoms with van der Waals surface area (Å²) in [6.07, 6.45) is 2.40. The predicted molar refractivity (Wildman–Crippen MR) is 83.2 cm³/mol. The summed E-state index contributed by atoms with van der Waals surface area (Å²) in [4.78, 5) is 14.2. The van der Waals surface area contributed by atoms with Gasteiger partial charge in [-0.1, -0.05) is 24.0 Å². The van der Waals surface area contributed by atoms with Gasteiger partial charge in [-0.25, -0.2) is 0 Å². The number of carbonyl (C=O) groups excluding carboxylic acids is 1. The number of thioether (sulfide) groups is 1. The molecule has 1 aliphatic rings. The molecule has 1 fully saturated rings. The summed E-state index contributed by atoms with van der Waals surface area (Å²) in [7, 11) is 1.61. The summed E-state index contributed by atoms with van der Waals surface area (Å²) >= 11 is 6.80. The van der Waals surface area contributed by atoms with Crippen LogP contribution in [0.15, 0.2) is 24.3 Å². The van der Waals surface area contributed by atoms with Crippen LogP contribution in [-0.2, 0) is 0 Å². The molecule has 0 spiro atoms. The topological polar surface area (TPSA) is 29.5 Å². The number of methoxy groups -OCH3 is 1. The average molecular weight is 295 g/mol. The summed E-state index contributed by atoms with van der Waals surface area (Å²) in [6, 6.07) is 7.19. The van der Waals surface area contributed by atoms with Gasteiger partial charge >= 0.3 is 0 Å². The molecule has 19 heavy (non-hydrogen) atoms. The normalized spacial score (nSPS) is 14.5. The lowest BCUT2D eigenvalue weighted by Gasteiger charge is -2.17. The quantitative estimate of drug-likeness (QED) is 0.629. The third kappa shape index (κ3) is 3.94. The molecule has 3 nitrogen and oxygen atoms in total. The van der Waals surface area contributed by atoms with Crippen LogP contribution in [0.25, 0.3) is 0 Å². The summed E-state index contributed by atoms with van der Waals surface area (Å²) < 4.78 is 5.92. The van der Waals surface area contributed by atoms with Crippen LogP contribution in [0.1, 0.15) is 23.2 Å². The van der Waals surface area contributed by atoms with Crippen LogP contribution >= 0.6 is 24.0 Å². The lowest BCUT2D eigenvalue weighted by Crippen LogP contribution is -2.24. The zero-order valence-corrected chi connectivity index (χ0v) is 12.6. The second-order valence-corrected chi connectivity index (χ2v) is 6.01. The van der Waals surface area contributed by atoms with Crippen molar-refractivity contribution < 1.29 is 9.53 Å². The number of ether oxygens (including phenoxy) is 1. The third-order valence-corrected chi connectivity index (χ3v) is 4.63. The van der Waals surface area contributed by atoms with Gasteiger partial charge in [0.2, 0.25) is 0 Å². The minimum Gasteiger partial charge on any atom is -0.497 e. The van der Waals surface area contributed by atoms with E-state index in [0.717, 1.165) is 23.2 Å². The second kappa shape index (κ2) is 6.91. The molecule has 0 radical (unpaired) electrons. The van der Waals surface area contributed by atoms with Crippen LogP contribution in [0, 0.1) is 0 Å². The van der Waals surface area contributed by atoms with Gasteiger partial charge in [0.25, 0.3) is 0 Å². The number of ketones is 1. The Labute approximate surface area is 123 Å². The van der Waals surface area contributed by atoms with E-state index >= 15 is 0 Å². The number of benzene rings is 1. The van der Waals surface area contributed by atoms with Crippen molar-refractivity contribution in [3.63, 3.8) is 0 Å². The van der Waals surface area contributed by atoms with E-state index in [1.165, 1.54) is 24.6 Å². The van der Waals surface area contributed by atoms with Gasteiger partial charge in [0, 0.05) is 18.7 Å². The van der Waals surface area contributed by atoms with E-state index in [1.54, 1.807) is 31.4 Å². The van der Waals surface area contributed by atoms with Crippen LogP contribution < -0.4 is 4.74 Å². The molecule has 1 aromatic carbocycles. The fourth-order valence-corrected chi connectivity index (χ4v) is 3.12. The van der Waals surface area contributed by atoms with Gasteiger partial charge in [-0.05, 0) is 37.1 Å². The van der Waals surface area contributed by atoms with E-state index in [1.807, 2.05) is 0 Å². The molecule has 0 amide bonds. The predicted octanol–water partition coefficient (Wildman–Crippen LogP) is 2.99. The summed E-state index contributed by atoms with van der Waals surface area (Å²) in [5, 5.41) is 0. The smallest absolute Gasteiger partial charge is 0.173 e. The Kier molecular flexibility index (Phi) is 5.22. The molecule has 0 bridgehead atoms. The Morgan fingerprint density at radius 3 is 2.53 bits per heavy atom. The highest BCUT2D eigenvalue weighted by Gasteiger charge is 2.16. The van der Waals surface area contributed by atoms with Crippen molar-refractivity contribution >= 4 is 34.1 Å². The van der Waals surface area contributed by atoms with E-state index < -0.39 is 0 Å². The molecular weight excluding hydrogens is 278 g/mol. The first-order valence-corrected chi connectivity index (χ1v) is 7.69. The van der Waals surface area contributed by atoms with Gasteiger partial charge in [0.05, 0.1) is 12.9 Å². The van der Waals surface area contributed by atoms with Crippen LogP contribution in [0.4, 0.5) is 0 Å². The fourth-order valence-electron chi connectivity index (χ4n) is 1.98. The molecule has 0 N–H and O–H groups in total. The molecule has 0 saturated carbocycles. The molecule has 0 unspecified atom stereocenters. The Bertz CT molecular complexity index is 453. The maximum absolute atomic E-state index is 12.0. The molecule has 1 heterocycles. The Balaban J connectivity index is 1.84. The lowest BCUT2D eigenvalue weighted by molar-refractivity contribution is 0.102. The minimum absolute atomic E-state index is 0.106. The fraction of sp³-hybridized carbons (Fsp3) is 0.429.